The fourth-order valence-corrected chi connectivity index (χ4v) is 3.94. The van der Waals surface area contributed by atoms with Gasteiger partial charge in [0.15, 0.2) is 0 Å². The Bertz CT molecular complexity index is 1110. The molecule has 2 amide bonds. The van der Waals surface area contributed by atoms with Crippen LogP contribution < -0.4 is 21.7 Å². The summed E-state index contributed by atoms with van der Waals surface area (Å²) < 4.78 is 0. The van der Waals surface area contributed by atoms with E-state index < -0.39 is 24.6 Å². The minimum atomic E-state index is -0.969. The fourth-order valence-electron chi connectivity index (χ4n) is 3.94. The average molecular weight is 488 g/mol. The van der Waals surface area contributed by atoms with E-state index >= 15 is 0 Å². The Kier molecular flexibility index (Phi) is 9.59. The summed E-state index contributed by atoms with van der Waals surface area (Å²) in [6, 6.07) is 25.2. The quantitative estimate of drug-likeness (QED) is 0.172. The minimum absolute atomic E-state index is 0.101. The topological polar surface area (TPSA) is 140 Å². The van der Waals surface area contributed by atoms with Crippen LogP contribution in [-0.2, 0) is 9.59 Å². The standard InChI is InChI=1S/C28H33N5O3/c1-19(32-28(36)25(18-34)33-23-14-8-13-22(17-23)26(29)30)27(35)31-16-15-24(20-9-4-2-5-10-20)21-11-6-3-7-12-21/h2-14,17,19,24-25,33-34H,15-16,18H2,1H3,(H3,29,30)(H,31,35)(H,32,36). The van der Waals surface area contributed by atoms with Crippen LogP contribution in [-0.4, -0.2) is 48.0 Å². The molecule has 188 valence electrons. The monoisotopic (exact) mass is 487 g/mol. The zero-order chi connectivity index (χ0) is 25.9. The molecular formula is C28H33N5O3. The molecule has 36 heavy (non-hydrogen) atoms. The van der Waals surface area contributed by atoms with E-state index in [0.717, 1.165) is 0 Å². The smallest absolute Gasteiger partial charge is 0.245 e. The van der Waals surface area contributed by atoms with Gasteiger partial charge in [0.25, 0.3) is 0 Å². The number of benzene rings is 3. The zero-order valence-corrected chi connectivity index (χ0v) is 20.3. The van der Waals surface area contributed by atoms with Gasteiger partial charge >= 0.3 is 0 Å². The van der Waals surface area contributed by atoms with Gasteiger partial charge in [-0.1, -0.05) is 72.8 Å². The number of aliphatic hydroxyl groups is 1. The van der Waals surface area contributed by atoms with Crippen molar-refractivity contribution >= 4 is 23.3 Å². The van der Waals surface area contributed by atoms with Gasteiger partial charge in [0, 0.05) is 23.7 Å². The predicted octanol–water partition coefficient (Wildman–Crippen LogP) is 2.59. The van der Waals surface area contributed by atoms with Crippen molar-refractivity contribution in [3.8, 4) is 0 Å². The zero-order valence-electron chi connectivity index (χ0n) is 20.3. The molecule has 0 radical (unpaired) electrons. The first-order chi connectivity index (χ1) is 17.4. The van der Waals surface area contributed by atoms with Crippen LogP contribution >= 0.6 is 0 Å². The average Bonchev–Trinajstić information content (AvgIpc) is 2.90. The molecule has 2 unspecified atom stereocenters. The van der Waals surface area contributed by atoms with Gasteiger partial charge in [0.1, 0.15) is 17.9 Å². The van der Waals surface area contributed by atoms with Gasteiger partial charge in [-0.3, -0.25) is 15.0 Å². The van der Waals surface area contributed by atoms with Crippen LogP contribution in [0, 0.1) is 5.41 Å². The maximum atomic E-state index is 12.7. The maximum Gasteiger partial charge on any atom is 0.245 e. The SMILES string of the molecule is CC(NC(=O)C(CO)Nc1cccc(C(=N)N)c1)C(=O)NCCC(c1ccccc1)c1ccccc1. The number of amides is 2. The molecule has 0 heterocycles. The Balaban J connectivity index is 1.54. The maximum absolute atomic E-state index is 12.7. The molecule has 0 aliphatic rings. The van der Waals surface area contributed by atoms with Crippen molar-refractivity contribution in [3.05, 3.63) is 102 Å². The minimum Gasteiger partial charge on any atom is -0.394 e. The van der Waals surface area contributed by atoms with E-state index in [1.54, 1.807) is 31.2 Å². The van der Waals surface area contributed by atoms with Crippen molar-refractivity contribution in [3.63, 3.8) is 0 Å². The highest BCUT2D eigenvalue weighted by atomic mass is 16.3. The summed E-state index contributed by atoms with van der Waals surface area (Å²) in [7, 11) is 0. The van der Waals surface area contributed by atoms with Crippen molar-refractivity contribution in [2.45, 2.75) is 31.3 Å². The highest BCUT2D eigenvalue weighted by molar-refractivity contribution is 5.96. The molecule has 0 saturated heterocycles. The number of nitrogens with two attached hydrogens (primary N) is 1. The third kappa shape index (κ3) is 7.41. The van der Waals surface area contributed by atoms with E-state index in [9.17, 15) is 14.7 Å². The van der Waals surface area contributed by atoms with E-state index in [4.69, 9.17) is 11.1 Å². The summed E-state index contributed by atoms with van der Waals surface area (Å²) in [5.41, 5.74) is 8.88. The molecule has 8 heteroatoms. The number of hydrogen-bond acceptors (Lipinski definition) is 5. The number of carbonyl (C=O) groups is 2. The van der Waals surface area contributed by atoms with Gasteiger partial charge in [-0.25, -0.2) is 0 Å². The molecule has 3 rings (SSSR count). The summed E-state index contributed by atoms with van der Waals surface area (Å²) in [5.74, 6) is -0.791. The number of amidine groups is 1. The second-order valence-corrected chi connectivity index (χ2v) is 8.56. The van der Waals surface area contributed by atoms with Crippen molar-refractivity contribution < 1.29 is 14.7 Å². The number of nitrogen functional groups attached to an aromatic ring is 1. The molecule has 0 saturated carbocycles. The highest BCUT2D eigenvalue weighted by Gasteiger charge is 2.23. The molecule has 7 N–H and O–H groups in total. The number of anilines is 1. The summed E-state index contributed by atoms with van der Waals surface area (Å²) in [6.45, 7) is 1.57. The lowest BCUT2D eigenvalue weighted by Crippen LogP contribution is -2.51. The second kappa shape index (κ2) is 13.1. The Morgan fingerprint density at radius 3 is 2.08 bits per heavy atom. The summed E-state index contributed by atoms with van der Waals surface area (Å²) in [6.07, 6.45) is 0.702. The normalized spacial score (nSPS) is 12.4. The molecule has 0 aliphatic heterocycles. The fraction of sp³-hybridized carbons (Fsp3) is 0.250. The third-order valence-corrected chi connectivity index (χ3v) is 5.90. The second-order valence-electron chi connectivity index (χ2n) is 8.56. The molecule has 8 nitrogen and oxygen atoms in total. The number of nitrogens with one attached hydrogen (secondary N) is 4. The van der Waals surface area contributed by atoms with Crippen LogP contribution in [0.5, 0.6) is 0 Å². The predicted molar refractivity (Wildman–Crippen MR) is 142 cm³/mol. The lowest BCUT2D eigenvalue weighted by atomic mass is 9.88. The number of carbonyl (C=O) groups excluding carboxylic acids is 2. The molecule has 0 aromatic heterocycles. The van der Waals surface area contributed by atoms with Crippen molar-refractivity contribution in [1.29, 1.82) is 5.41 Å². The van der Waals surface area contributed by atoms with Crippen LogP contribution in [0.1, 0.15) is 36.0 Å². The van der Waals surface area contributed by atoms with Gasteiger partial charge in [0.2, 0.25) is 11.8 Å². The van der Waals surface area contributed by atoms with Crippen molar-refractivity contribution in [1.82, 2.24) is 10.6 Å². The molecule has 3 aromatic carbocycles. The summed E-state index contributed by atoms with van der Waals surface area (Å²) in [5, 5.41) is 25.7. The number of hydrogen-bond donors (Lipinski definition) is 6. The van der Waals surface area contributed by atoms with Crippen LogP contribution in [0.3, 0.4) is 0 Å². The Labute approximate surface area is 211 Å². The largest absolute Gasteiger partial charge is 0.394 e. The first-order valence-corrected chi connectivity index (χ1v) is 11.9. The Morgan fingerprint density at radius 2 is 1.53 bits per heavy atom. The molecule has 3 aromatic rings. The molecule has 0 fully saturated rings. The van der Waals surface area contributed by atoms with E-state index in [-0.39, 0.29) is 17.7 Å². The first kappa shape index (κ1) is 26.4. The van der Waals surface area contributed by atoms with E-state index in [2.05, 4.69) is 40.2 Å². The van der Waals surface area contributed by atoms with Gasteiger partial charge in [-0.15, -0.1) is 0 Å². The summed E-state index contributed by atoms with van der Waals surface area (Å²) in [4.78, 5) is 25.4. The molecule has 2 atom stereocenters. The first-order valence-electron chi connectivity index (χ1n) is 11.9. The van der Waals surface area contributed by atoms with Crippen molar-refractivity contribution in [2.24, 2.45) is 5.73 Å². The summed E-state index contributed by atoms with van der Waals surface area (Å²) >= 11 is 0. The number of rotatable bonds is 12. The van der Waals surface area contributed by atoms with E-state index in [1.807, 2.05) is 36.4 Å². The lowest BCUT2D eigenvalue weighted by Gasteiger charge is -2.22. The van der Waals surface area contributed by atoms with Crippen molar-refractivity contribution in [2.75, 3.05) is 18.5 Å². The Hall–Kier alpha value is -4.17. The van der Waals surface area contributed by atoms with Crippen LogP contribution in [0.25, 0.3) is 0 Å². The van der Waals surface area contributed by atoms with Gasteiger partial charge in [-0.05, 0) is 36.6 Å². The molecule has 0 aliphatic carbocycles. The molecular weight excluding hydrogens is 454 g/mol. The lowest BCUT2D eigenvalue weighted by molar-refractivity contribution is -0.129. The molecule has 0 bridgehead atoms. The van der Waals surface area contributed by atoms with E-state index in [1.165, 1.54) is 11.1 Å². The third-order valence-electron chi connectivity index (χ3n) is 5.90. The van der Waals surface area contributed by atoms with Crippen LogP contribution in [0.15, 0.2) is 84.9 Å². The molecule has 0 spiro atoms. The number of aliphatic hydroxyl groups excluding tert-OH is 1. The van der Waals surface area contributed by atoms with Crippen LogP contribution in [0.4, 0.5) is 5.69 Å². The van der Waals surface area contributed by atoms with Gasteiger partial charge in [-0.2, -0.15) is 0 Å². The van der Waals surface area contributed by atoms with Crippen LogP contribution in [0.2, 0.25) is 0 Å². The van der Waals surface area contributed by atoms with Gasteiger partial charge < -0.3 is 26.8 Å². The highest BCUT2D eigenvalue weighted by Crippen LogP contribution is 2.27. The van der Waals surface area contributed by atoms with Gasteiger partial charge in [0.05, 0.1) is 6.61 Å². The Morgan fingerprint density at radius 1 is 0.917 bits per heavy atom. The van der Waals surface area contributed by atoms with E-state index in [0.29, 0.717) is 24.2 Å².